The number of aromatic amines is 1. The molecule has 4 nitrogen and oxygen atoms in total. The number of aromatic nitrogens is 1. The number of H-pyrrole nitrogens is 1. The Morgan fingerprint density at radius 1 is 1.32 bits per heavy atom. The van der Waals surface area contributed by atoms with E-state index in [1.54, 1.807) is 13.8 Å². The van der Waals surface area contributed by atoms with Crippen LogP contribution in [0, 0.1) is 0 Å². The molecule has 0 saturated heterocycles. The predicted octanol–water partition coefficient (Wildman–Crippen LogP) is 1.73. The molecule has 0 atom stereocenters. The zero-order chi connectivity index (χ0) is 14.0. The monoisotopic (exact) mass is 260 g/mol. The molecule has 1 aromatic carbocycles. The van der Waals surface area contributed by atoms with Crippen LogP contribution in [-0.4, -0.2) is 34.2 Å². The van der Waals surface area contributed by atoms with E-state index in [1.807, 2.05) is 42.3 Å². The number of hydrogen-bond acceptors (Lipinski definition) is 3. The lowest BCUT2D eigenvalue weighted by Gasteiger charge is -2.25. The molecular weight excluding hydrogens is 240 g/mol. The third-order valence-electron chi connectivity index (χ3n) is 2.93. The van der Waals surface area contributed by atoms with Crippen molar-refractivity contribution in [2.24, 2.45) is 0 Å². The van der Waals surface area contributed by atoms with Gasteiger partial charge in [-0.05, 0) is 38.4 Å². The van der Waals surface area contributed by atoms with Crippen LogP contribution in [0.25, 0.3) is 10.9 Å². The first kappa shape index (κ1) is 13.8. The Kier molecular flexibility index (Phi) is 3.73. The van der Waals surface area contributed by atoms with Crippen molar-refractivity contribution < 1.29 is 5.11 Å². The predicted molar refractivity (Wildman–Crippen MR) is 77.2 cm³/mol. The lowest BCUT2D eigenvalue weighted by molar-refractivity contribution is 0.0424. The Balaban J connectivity index is 2.25. The van der Waals surface area contributed by atoms with Crippen molar-refractivity contribution in [1.82, 2.24) is 9.88 Å². The first-order valence-corrected chi connectivity index (χ1v) is 6.37. The van der Waals surface area contributed by atoms with E-state index in [2.05, 4.69) is 4.98 Å². The molecule has 0 aliphatic carbocycles. The van der Waals surface area contributed by atoms with Gasteiger partial charge in [0, 0.05) is 24.2 Å². The minimum Gasteiger partial charge on any atom is -0.389 e. The van der Waals surface area contributed by atoms with E-state index in [0.29, 0.717) is 18.7 Å². The van der Waals surface area contributed by atoms with Crippen LogP contribution in [0.4, 0.5) is 0 Å². The number of fused-ring (bicyclic) bond motifs is 1. The summed E-state index contributed by atoms with van der Waals surface area (Å²) in [4.78, 5) is 16.8. The van der Waals surface area contributed by atoms with E-state index in [4.69, 9.17) is 0 Å². The number of likely N-dealkylation sites (N-methyl/N-ethyl adjacent to an activating group) is 1. The van der Waals surface area contributed by atoms with Gasteiger partial charge in [-0.3, -0.25) is 9.69 Å². The fraction of sp³-hybridized carbons (Fsp3) is 0.400. The Morgan fingerprint density at radius 3 is 2.68 bits per heavy atom. The minimum absolute atomic E-state index is 0.0682. The lowest BCUT2D eigenvalue weighted by atomic mass is 10.1. The van der Waals surface area contributed by atoms with Crippen LogP contribution in [0.5, 0.6) is 0 Å². The molecule has 0 radical (unpaired) electrons. The van der Waals surface area contributed by atoms with E-state index in [-0.39, 0.29) is 5.56 Å². The number of benzene rings is 1. The molecule has 2 aromatic rings. The molecular formula is C15H20N2O2. The molecule has 19 heavy (non-hydrogen) atoms. The number of hydrogen-bond donors (Lipinski definition) is 2. The van der Waals surface area contributed by atoms with E-state index < -0.39 is 5.60 Å². The molecule has 0 unspecified atom stereocenters. The third-order valence-corrected chi connectivity index (χ3v) is 2.93. The van der Waals surface area contributed by atoms with Gasteiger partial charge in [0.1, 0.15) is 0 Å². The summed E-state index contributed by atoms with van der Waals surface area (Å²) in [5.74, 6) is 0. The zero-order valence-electron chi connectivity index (χ0n) is 11.6. The molecule has 0 bridgehead atoms. The molecule has 2 N–H and O–H groups in total. The Morgan fingerprint density at radius 2 is 2.00 bits per heavy atom. The van der Waals surface area contributed by atoms with Crippen LogP contribution in [0.1, 0.15) is 19.4 Å². The number of aliphatic hydroxyl groups is 1. The summed E-state index contributed by atoms with van der Waals surface area (Å²) in [6.45, 7) is 4.55. The fourth-order valence-electron chi connectivity index (χ4n) is 2.32. The van der Waals surface area contributed by atoms with Gasteiger partial charge in [-0.15, -0.1) is 0 Å². The summed E-state index contributed by atoms with van der Waals surface area (Å²) in [7, 11) is 1.90. The molecule has 0 fully saturated rings. The lowest BCUT2D eigenvalue weighted by Crippen LogP contribution is -2.36. The van der Waals surface area contributed by atoms with Crippen LogP contribution in [0.15, 0.2) is 35.1 Å². The molecule has 2 rings (SSSR count). The first-order valence-electron chi connectivity index (χ1n) is 6.37. The highest BCUT2D eigenvalue weighted by Gasteiger charge is 2.16. The molecule has 1 aromatic heterocycles. The van der Waals surface area contributed by atoms with Crippen molar-refractivity contribution in [2.75, 3.05) is 13.6 Å². The summed E-state index contributed by atoms with van der Waals surface area (Å²) < 4.78 is 0. The summed E-state index contributed by atoms with van der Waals surface area (Å²) in [6, 6.07) is 9.63. The quantitative estimate of drug-likeness (QED) is 0.880. The van der Waals surface area contributed by atoms with Crippen molar-refractivity contribution in [3.05, 3.63) is 46.2 Å². The van der Waals surface area contributed by atoms with Gasteiger partial charge in [0.05, 0.1) is 5.60 Å². The van der Waals surface area contributed by atoms with E-state index in [9.17, 15) is 9.90 Å². The topological polar surface area (TPSA) is 56.3 Å². The maximum absolute atomic E-state index is 12.0. The second-order valence-electron chi connectivity index (χ2n) is 5.70. The fourth-order valence-corrected chi connectivity index (χ4v) is 2.32. The van der Waals surface area contributed by atoms with Gasteiger partial charge >= 0.3 is 0 Å². The van der Waals surface area contributed by atoms with Crippen LogP contribution >= 0.6 is 0 Å². The van der Waals surface area contributed by atoms with Gasteiger partial charge in [-0.1, -0.05) is 18.2 Å². The van der Waals surface area contributed by atoms with E-state index in [1.165, 1.54) is 0 Å². The second-order valence-corrected chi connectivity index (χ2v) is 5.70. The summed E-state index contributed by atoms with van der Waals surface area (Å²) in [6.07, 6.45) is 0. The molecule has 0 aliphatic rings. The average Bonchev–Trinajstić information content (AvgIpc) is 2.27. The van der Waals surface area contributed by atoms with Crippen LogP contribution in [-0.2, 0) is 6.54 Å². The average molecular weight is 260 g/mol. The summed E-state index contributed by atoms with van der Waals surface area (Å²) >= 11 is 0. The van der Waals surface area contributed by atoms with Gasteiger partial charge in [0.15, 0.2) is 0 Å². The Labute approximate surface area is 112 Å². The van der Waals surface area contributed by atoms with Gasteiger partial charge in [0.2, 0.25) is 0 Å². The highest BCUT2D eigenvalue weighted by atomic mass is 16.3. The summed E-state index contributed by atoms with van der Waals surface area (Å²) in [5, 5.41) is 10.8. The second kappa shape index (κ2) is 5.15. The molecule has 0 saturated carbocycles. The van der Waals surface area contributed by atoms with E-state index >= 15 is 0 Å². The Hall–Kier alpha value is -1.65. The first-order chi connectivity index (χ1) is 8.85. The van der Waals surface area contributed by atoms with E-state index in [0.717, 1.165) is 10.9 Å². The largest absolute Gasteiger partial charge is 0.389 e. The standard InChI is InChI=1S/C15H20N2O2/c1-15(2,19)10-17(3)9-12-8-11-6-4-5-7-13(11)16-14(12)18/h4-8,19H,9-10H2,1-3H3,(H,16,18). The maximum Gasteiger partial charge on any atom is 0.252 e. The third kappa shape index (κ3) is 3.66. The van der Waals surface area contributed by atoms with Crippen molar-refractivity contribution in [3.63, 3.8) is 0 Å². The van der Waals surface area contributed by atoms with Crippen molar-refractivity contribution >= 4 is 10.9 Å². The van der Waals surface area contributed by atoms with Crippen molar-refractivity contribution in [1.29, 1.82) is 0 Å². The molecule has 0 aliphatic heterocycles. The van der Waals surface area contributed by atoms with Crippen LogP contribution < -0.4 is 5.56 Å². The number of para-hydroxylation sites is 1. The molecule has 1 heterocycles. The number of rotatable bonds is 4. The molecule has 0 spiro atoms. The van der Waals surface area contributed by atoms with Gasteiger partial charge < -0.3 is 10.1 Å². The van der Waals surface area contributed by atoms with Gasteiger partial charge in [-0.25, -0.2) is 0 Å². The van der Waals surface area contributed by atoms with Gasteiger partial charge in [0.25, 0.3) is 5.56 Å². The number of nitrogens with one attached hydrogen (secondary N) is 1. The highest BCUT2D eigenvalue weighted by Crippen LogP contribution is 2.12. The maximum atomic E-state index is 12.0. The number of nitrogens with zero attached hydrogens (tertiary/aromatic N) is 1. The molecule has 0 amide bonds. The number of pyridine rings is 1. The normalized spacial score (nSPS) is 12.3. The molecule has 4 heteroatoms. The van der Waals surface area contributed by atoms with Gasteiger partial charge in [-0.2, -0.15) is 0 Å². The van der Waals surface area contributed by atoms with Crippen LogP contribution in [0.3, 0.4) is 0 Å². The SMILES string of the molecule is CN(Cc1cc2ccccc2[nH]c1=O)CC(C)(C)O. The smallest absolute Gasteiger partial charge is 0.252 e. The van der Waals surface area contributed by atoms with Crippen LogP contribution in [0.2, 0.25) is 0 Å². The van der Waals surface area contributed by atoms with Crippen molar-refractivity contribution in [2.45, 2.75) is 26.0 Å². The minimum atomic E-state index is -0.766. The molecule has 102 valence electrons. The summed E-state index contributed by atoms with van der Waals surface area (Å²) in [5.41, 5.74) is 0.728. The van der Waals surface area contributed by atoms with Crippen molar-refractivity contribution in [3.8, 4) is 0 Å². The Bertz CT molecular complexity index is 626. The zero-order valence-corrected chi connectivity index (χ0v) is 11.6. The highest BCUT2D eigenvalue weighted by molar-refractivity contribution is 5.78.